The third-order valence-corrected chi connectivity index (χ3v) is 6.66. The van der Waals surface area contributed by atoms with Crippen LogP contribution in [0.25, 0.3) is 10.2 Å². The number of amides is 1. The number of rotatable bonds is 6. The molecule has 3 rings (SSSR count). The number of nitrogens with one attached hydrogen (secondary N) is 1. The van der Waals surface area contributed by atoms with Gasteiger partial charge in [0.15, 0.2) is 5.16 Å². The molecular weight excluding hydrogens is 354 g/mol. The number of nitrogens with zero attached hydrogens (tertiary/aromatic N) is 2. The molecule has 0 aromatic carbocycles. The third kappa shape index (κ3) is 4.26. The van der Waals surface area contributed by atoms with Crippen LogP contribution in [-0.2, 0) is 4.79 Å². The minimum atomic E-state index is 0.00420. The van der Waals surface area contributed by atoms with Gasteiger partial charge in [-0.05, 0) is 37.6 Å². The van der Waals surface area contributed by atoms with Crippen molar-refractivity contribution in [3.8, 4) is 0 Å². The maximum Gasteiger partial charge on any atom is 0.272 e. The van der Waals surface area contributed by atoms with Crippen LogP contribution in [0.5, 0.6) is 0 Å². The Morgan fingerprint density at radius 3 is 2.92 bits per heavy atom. The van der Waals surface area contributed by atoms with E-state index in [1.807, 2.05) is 18.4 Å². The lowest BCUT2D eigenvalue weighted by atomic mass is 9.95. The Morgan fingerprint density at radius 2 is 2.20 bits per heavy atom. The molecule has 136 valence electrons. The second kappa shape index (κ2) is 8.36. The van der Waals surface area contributed by atoms with E-state index in [4.69, 9.17) is 0 Å². The van der Waals surface area contributed by atoms with Crippen molar-refractivity contribution >= 4 is 39.2 Å². The zero-order chi connectivity index (χ0) is 17.8. The Bertz CT molecular complexity index is 793. The van der Waals surface area contributed by atoms with Gasteiger partial charge in [-0.2, -0.15) is 0 Å². The van der Waals surface area contributed by atoms with Crippen LogP contribution in [0.1, 0.15) is 58.4 Å². The highest BCUT2D eigenvalue weighted by Crippen LogP contribution is 2.24. The van der Waals surface area contributed by atoms with Crippen molar-refractivity contribution in [2.24, 2.45) is 0 Å². The molecule has 7 heteroatoms. The Balaban J connectivity index is 1.75. The molecule has 0 aliphatic heterocycles. The second-order valence-corrected chi connectivity index (χ2v) is 8.51. The molecule has 2 aromatic heterocycles. The van der Waals surface area contributed by atoms with Crippen molar-refractivity contribution in [2.75, 3.05) is 5.75 Å². The zero-order valence-corrected chi connectivity index (χ0v) is 16.4. The van der Waals surface area contributed by atoms with Gasteiger partial charge in [-0.3, -0.25) is 14.2 Å². The number of fused-ring (bicyclic) bond motifs is 1. The van der Waals surface area contributed by atoms with Gasteiger partial charge in [0, 0.05) is 12.1 Å². The van der Waals surface area contributed by atoms with E-state index in [0.29, 0.717) is 21.7 Å². The van der Waals surface area contributed by atoms with E-state index in [1.165, 1.54) is 42.4 Å². The molecule has 0 saturated heterocycles. The van der Waals surface area contributed by atoms with E-state index >= 15 is 0 Å². The fraction of sp³-hybridized carbons (Fsp3) is 0.611. The lowest BCUT2D eigenvalue weighted by Crippen LogP contribution is -2.37. The van der Waals surface area contributed by atoms with E-state index in [2.05, 4.69) is 17.2 Å². The van der Waals surface area contributed by atoms with Crippen LogP contribution < -0.4 is 10.9 Å². The molecule has 1 atom stereocenters. The Kier molecular flexibility index (Phi) is 6.17. The number of carbonyl (C=O) groups excluding carboxylic acids is 1. The molecular formula is C18H25N3O2S2. The monoisotopic (exact) mass is 379 g/mol. The minimum Gasteiger partial charge on any atom is -0.353 e. The molecule has 1 unspecified atom stereocenters. The number of hydrogen-bond donors (Lipinski definition) is 1. The average molecular weight is 380 g/mol. The van der Waals surface area contributed by atoms with Crippen molar-refractivity contribution in [2.45, 2.75) is 69.6 Å². The van der Waals surface area contributed by atoms with Gasteiger partial charge in [0.1, 0.15) is 4.70 Å². The van der Waals surface area contributed by atoms with E-state index < -0.39 is 0 Å². The van der Waals surface area contributed by atoms with Crippen LogP contribution in [0.4, 0.5) is 0 Å². The van der Waals surface area contributed by atoms with Crippen LogP contribution in [0.2, 0.25) is 0 Å². The third-order valence-electron chi connectivity index (χ3n) is 4.81. The first-order valence-corrected chi connectivity index (χ1v) is 10.9. The fourth-order valence-electron chi connectivity index (χ4n) is 3.22. The molecule has 0 bridgehead atoms. The smallest absolute Gasteiger partial charge is 0.272 e. The van der Waals surface area contributed by atoms with Crippen molar-refractivity contribution < 1.29 is 4.79 Å². The van der Waals surface area contributed by atoms with Gasteiger partial charge in [-0.15, -0.1) is 11.3 Å². The van der Waals surface area contributed by atoms with Gasteiger partial charge < -0.3 is 5.32 Å². The molecule has 1 aliphatic rings. The highest BCUT2D eigenvalue weighted by atomic mass is 32.2. The summed E-state index contributed by atoms with van der Waals surface area (Å²) in [5, 5.41) is 5.66. The molecule has 0 spiro atoms. The Labute approximate surface area is 156 Å². The van der Waals surface area contributed by atoms with Gasteiger partial charge in [-0.1, -0.05) is 37.9 Å². The van der Waals surface area contributed by atoms with Crippen molar-refractivity contribution in [3.63, 3.8) is 0 Å². The van der Waals surface area contributed by atoms with Crippen molar-refractivity contribution in [3.05, 3.63) is 21.8 Å². The lowest BCUT2D eigenvalue weighted by molar-refractivity contribution is -0.119. The first-order chi connectivity index (χ1) is 12.1. The van der Waals surface area contributed by atoms with Crippen molar-refractivity contribution in [1.29, 1.82) is 0 Å². The van der Waals surface area contributed by atoms with E-state index in [1.54, 1.807) is 4.57 Å². The maximum atomic E-state index is 12.8. The summed E-state index contributed by atoms with van der Waals surface area (Å²) in [5.74, 6) is 0.335. The summed E-state index contributed by atoms with van der Waals surface area (Å²) in [7, 11) is 0. The molecule has 25 heavy (non-hydrogen) atoms. The van der Waals surface area contributed by atoms with Crippen LogP contribution >= 0.6 is 23.1 Å². The second-order valence-electron chi connectivity index (χ2n) is 6.65. The van der Waals surface area contributed by atoms with Gasteiger partial charge >= 0.3 is 0 Å². The van der Waals surface area contributed by atoms with Crippen LogP contribution in [-0.4, -0.2) is 27.3 Å². The normalized spacial score (nSPS) is 16.9. The quantitative estimate of drug-likeness (QED) is 0.609. The van der Waals surface area contributed by atoms with Crippen LogP contribution in [0.3, 0.4) is 0 Å². The van der Waals surface area contributed by atoms with Crippen molar-refractivity contribution in [1.82, 2.24) is 14.9 Å². The molecule has 2 heterocycles. The number of thiophene rings is 1. The molecule has 1 aliphatic carbocycles. The summed E-state index contributed by atoms with van der Waals surface area (Å²) < 4.78 is 2.44. The minimum absolute atomic E-state index is 0.00420. The highest BCUT2D eigenvalue weighted by molar-refractivity contribution is 7.99. The molecule has 1 fully saturated rings. The topological polar surface area (TPSA) is 64.0 Å². The summed E-state index contributed by atoms with van der Waals surface area (Å²) in [6, 6.07) is 2.25. The fourth-order valence-corrected chi connectivity index (χ4v) is 4.90. The van der Waals surface area contributed by atoms with Gasteiger partial charge in [0.2, 0.25) is 5.91 Å². The molecule has 0 radical (unpaired) electrons. The van der Waals surface area contributed by atoms with Gasteiger partial charge in [0.05, 0.1) is 11.3 Å². The summed E-state index contributed by atoms with van der Waals surface area (Å²) in [6.07, 6.45) is 6.66. The molecule has 1 saturated carbocycles. The number of aromatic nitrogens is 2. The summed E-state index contributed by atoms with van der Waals surface area (Å²) in [4.78, 5) is 29.7. The number of carbonyl (C=O) groups is 1. The SMILES string of the molecule is CCC(C)n1c(SCC(=O)NC2CCCCC2)nc2ccsc2c1=O. The lowest BCUT2D eigenvalue weighted by Gasteiger charge is -2.23. The summed E-state index contributed by atoms with van der Waals surface area (Å²) in [5.41, 5.74) is 0.731. The van der Waals surface area contributed by atoms with Gasteiger partial charge in [0.25, 0.3) is 5.56 Å². The summed E-state index contributed by atoms with van der Waals surface area (Å²) in [6.45, 7) is 4.08. The highest BCUT2D eigenvalue weighted by Gasteiger charge is 2.19. The van der Waals surface area contributed by atoms with E-state index in [9.17, 15) is 9.59 Å². The summed E-state index contributed by atoms with van der Waals surface area (Å²) >= 11 is 2.79. The maximum absolute atomic E-state index is 12.8. The van der Waals surface area contributed by atoms with E-state index in [0.717, 1.165) is 24.8 Å². The van der Waals surface area contributed by atoms with E-state index in [-0.39, 0.29) is 17.5 Å². The van der Waals surface area contributed by atoms with Crippen LogP contribution in [0.15, 0.2) is 21.4 Å². The predicted octanol–water partition coefficient (Wildman–Crippen LogP) is 3.97. The Hall–Kier alpha value is -1.34. The largest absolute Gasteiger partial charge is 0.353 e. The predicted molar refractivity (Wildman–Crippen MR) is 105 cm³/mol. The average Bonchev–Trinajstić information content (AvgIpc) is 3.09. The standard InChI is InChI=1S/C18H25N3O2S2/c1-3-12(2)21-17(23)16-14(9-10-24-16)20-18(21)25-11-15(22)19-13-7-5-4-6-8-13/h9-10,12-13H,3-8,11H2,1-2H3,(H,19,22). The molecule has 1 amide bonds. The zero-order valence-electron chi connectivity index (χ0n) is 14.8. The molecule has 1 N–H and O–H groups in total. The molecule has 5 nitrogen and oxygen atoms in total. The Morgan fingerprint density at radius 1 is 1.44 bits per heavy atom. The van der Waals surface area contributed by atoms with Crippen LogP contribution in [0, 0.1) is 0 Å². The number of hydrogen-bond acceptors (Lipinski definition) is 5. The number of thioether (sulfide) groups is 1. The first-order valence-electron chi connectivity index (χ1n) is 9.02. The first kappa shape index (κ1) is 18.5. The van der Waals surface area contributed by atoms with Gasteiger partial charge in [-0.25, -0.2) is 4.98 Å². The molecule has 2 aromatic rings.